The van der Waals surface area contributed by atoms with Crippen LogP contribution >= 0.6 is 11.6 Å². The molecule has 34 heavy (non-hydrogen) atoms. The molecule has 2 aromatic carbocycles. The van der Waals surface area contributed by atoms with Crippen LogP contribution in [0.4, 0.5) is 5.82 Å². The minimum Gasteiger partial charge on any atom is -0.496 e. The number of Topliss-reactive ketones (excluding diaryl/α,β-unsaturated/α-hetero) is 1. The van der Waals surface area contributed by atoms with Crippen molar-refractivity contribution in [2.75, 3.05) is 12.0 Å². The van der Waals surface area contributed by atoms with Crippen molar-refractivity contribution in [3.63, 3.8) is 0 Å². The number of ketones is 1. The fourth-order valence-corrected chi connectivity index (χ4v) is 4.89. The lowest BCUT2D eigenvalue weighted by Crippen LogP contribution is -2.39. The Morgan fingerprint density at radius 2 is 1.97 bits per heavy atom. The van der Waals surface area contributed by atoms with E-state index in [1.54, 1.807) is 24.1 Å². The number of carbonyl (C=O) groups is 1. The molecule has 5 rings (SSSR count). The maximum absolute atomic E-state index is 13.3. The van der Waals surface area contributed by atoms with E-state index in [2.05, 4.69) is 16.3 Å². The summed E-state index contributed by atoms with van der Waals surface area (Å²) in [7, 11) is 1.58. The molecule has 3 aromatic rings. The fraction of sp³-hybridized carbons (Fsp3) is 0.192. The summed E-state index contributed by atoms with van der Waals surface area (Å²) in [5, 5.41) is 18.3. The molecule has 0 saturated carbocycles. The number of rotatable bonds is 4. The van der Waals surface area contributed by atoms with E-state index >= 15 is 0 Å². The van der Waals surface area contributed by atoms with Crippen LogP contribution in [-0.2, 0) is 4.79 Å². The third-order valence-corrected chi connectivity index (χ3v) is 6.56. The van der Waals surface area contributed by atoms with Gasteiger partial charge >= 0.3 is 0 Å². The average Bonchev–Trinajstić information content (AvgIpc) is 3.33. The van der Waals surface area contributed by atoms with Crippen molar-refractivity contribution in [2.45, 2.75) is 25.2 Å². The van der Waals surface area contributed by atoms with Crippen molar-refractivity contribution in [1.29, 1.82) is 5.26 Å². The summed E-state index contributed by atoms with van der Waals surface area (Å²) in [5.41, 5.74) is 10.7. The van der Waals surface area contributed by atoms with Gasteiger partial charge in [-0.25, -0.2) is 0 Å². The first-order valence-electron chi connectivity index (χ1n) is 10.9. The number of para-hydroxylation sites is 1. The summed E-state index contributed by atoms with van der Waals surface area (Å²) in [6.07, 6.45) is 1.78. The van der Waals surface area contributed by atoms with Crippen molar-refractivity contribution >= 4 is 23.2 Å². The van der Waals surface area contributed by atoms with Gasteiger partial charge in [-0.05, 0) is 36.6 Å². The Morgan fingerprint density at radius 1 is 1.21 bits per heavy atom. The molecule has 0 spiro atoms. The SMILES string of the molecule is COc1ccccc1C1C(C#N)=C(N)N(c2cc(-c3ccc(Cl)cc3)[nH]n2)C2=C1C(=O)CCC2. The van der Waals surface area contributed by atoms with Crippen LogP contribution in [-0.4, -0.2) is 23.1 Å². The standard InChI is InChI=1S/C26H22ClN5O2/c1-34-22-8-3-2-5-17(22)24-18(14-28)26(29)32(20-6-4-7-21(33)25(20)24)23-13-19(30-31-23)15-9-11-16(27)12-10-15/h2-3,5,8-13,24H,4,6-7,29H2,1H3,(H,30,31). The molecule has 0 radical (unpaired) electrons. The number of H-pyrrole nitrogens is 1. The quantitative estimate of drug-likeness (QED) is 0.551. The number of nitrogens with zero attached hydrogens (tertiary/aromatic N) is 3. The third kappa shape index (κ3) is 3.53. The minimum atomic E-state index is -0.588. The van der Waals surface area contributed by atoms with Gasteiger partial charge in [0.2, 0.25) is 0 Å². The van der Waals surface area contributed by atoms with E-state index in [1.165, 1.54) is 0 Å². The van der Waals surface area contributed by atoms with E-state index in [-0.39, 0.29) is 11.6 Å². The normalized spacial score (nSPS) is 18.1. The fourth-order valence-electron chi connectivity index (χ4n) is 4.77. The van der Waals surface area contributed by atoms with Gasteiger partial charge in [0, 0.05) is 34.3 Å². The third-order valence-electron chi connectivity index (χ3n) is 6.31. The van der Waals surface area contributed by atoms with E-state index in [1.807, 2.05) is 42.5 Å². The molecule has 2 heterocycles. The number of benzene rings is 2. The van der Waals surface area contributed by atoms with Gasteiger partial charge in [0.25, 0.3) is 0 Å². The molecule has 0 fully saturated rings. The lowest BCUT2D eigenvalue weighted by atomic mass is 9.75. The van der Waals surface area contributed by atoms with Gasteiger partial charge in [-0.15, -0.1) is 0 Å². The van der Waals surface area contributed by atoms with Crippen LogP contribution in [0, 0.1) is 11.3 Å². The van der Waals surface area contributed by atoms with Crippen molar-refractivity contribution < 1.29 is 9.53 Å². The van der Waals surface area contributed by atoms with E-state index in [0.29, 0.717) is 47.0 Å². The second-order valence-electron chi connectivity index (χ2n) is 8.20. The van der Waals surface area contributed by atoms with Crippen LogP contribution in [0.15, 0.2) is 77.3 Å². The maximum Gasteiger partial charge on any atom is 0.161 e. The van der Waals surface area contributed by atoms with Gasteiger partial charge in [0.05, 0.1) is 30.4 Å². The van der Waals surface area contributed by atoms with E-state index < -0.39 is 5.92 Å². The summed E-state index contributed by atoms with van der Waals surface area (Å²) in [4.78, 5) is 15.0. The molecule has 1 aliphatic carbocycles. The van der Waals surface area contributed by atoms with Gasteiger partial charge in [0.15, 0.2) is 11.6 Å². The Kier molecular flexibility index (Phi) is 5.60. The van der Waals surface area contributed by atoms with Crippen molar-refractivity contribution in [1.82, 2.24) is 10.2 Å². The molecule has 8 heteroatoms. The lowest BCUT2D eigenvalue weighted by molar-refractivity contribution is -0.116. The maximum atomic E-state index is 13.3. The molecule has 0 amide bonds. The topological polar surface area (TPSA) is 108 Å². The number of nitrogens with two attached hydrogens (primary N) is 1. The smallest absolute Gasteiger partial charge is 0.161 e. The van der Waals surface area contributed by atoms with E-state index in [9.17, 15) is 10.1 Å². The number of halogens is 1. The number of hydrogen-bond donors (Lipinski definition) is 2. The molecular formula is C26H22ClN5O2. The number of aromatic nitrogens is 2. The Hall–Kier alpha value is -4.02. The summed E-state index contributed by atoms with van der Waals surface area (Å²) in [6, 6.07) is 19.0. The zero-order chi connectivity index (χ0) is 23.8. The second-order valence-corrected chi connectivity index (χ2v) is 8.64. The van der Waals surface area contributed by atoms with Gasteiger partial charge in [0.1, 0.15) is 11.6 Å². The Labute approximate surface area is 202 Å². The number of carbonyl (C=O) groups excluding carboxylic acids is 1. The largest absolute Gasteiger partial charge is 0.496 e. The number of nitrogens with one attached hydrogen (secondary N) is 1. The van der Waals surface area contributed by atoms with Crippen LogP contribution in [0.1, 0.15) is 30.7 Å². The van der Waals surface area contributed by atoms with Crippen LogP contribution in [0.25, 0.3) is 11.3 Å². The van der Waals surface area contributed by atoms with Crippen LogP contribution in [0.5, 0.6) is 5.75 Å². The highest BCUT2D eigenvalue weighted by Gasteiger charge is 2.41. The monoisotopic (exact) mass is 471 g/mol. The molecule has 170 valence electrons. The Balaban J connectivity index is 1.67. The Bertz CT molecular complexity index is 1380. The predicted octanol–water partition coefficient (Wildman–Crippen LogP) is 5.04. The zero-order valence-electron chi connectivity index (χ0n) is 18.5. The molecule has 3 N–H and O–H groups in total. The van der Waals surface area contributed by atoms with Crippen LogP contribution < -0.4 is 15.4 Å². The number of aromatic amines is 1. The summed E-state index contributed by atoms with van der Waals surface area (Å²) < 4.78 is 5.57. The van der Waals surface area contributed by atoms with Gasteiger partial charge < -0.3 is 10.5 Å². The number of anilines is 1. The number of nitriles is 1. The molecule has 1 aliphatic heterocycles. The van der Waals surface area contributed by atoms with Crippen LogP contribution in [0.3, 0.4) is 0 Å². The number of methoxy groups -OCH3 is 1. The van der Waals surface area contributed by atoms with Gasteiger partial charge in [-0.2, -0.15) is 10.4 Å². The molecule has 1 aromatic heterocycles. The second kappa shape index (κ2) is 8.73. The molecule has 1 unspecified atom stereocenters. The molecule has 7 nitrogen and oxygen atoms in total. The van der Waals surface area contributed by atoms with Crippen molar-refractivity contribution in [3.8, 4) is 23.1 Å². The number of ether oxygens (including phenoxy) is 1. The van der Waals surface area contributed by atoms with Gasteiger partial charge in [-0.3, -0.25) is 14.8 Å². The highest BCUT2D eigenvalue weighted by molar-refractivity contribution is 6.30. The van der Waals surface area contributed by atoms with Gasteiger partial charge in [-0.1, -0.05) is 41.9 Å². The molecule has 1 atom stereocenters. The molecule has 0 saturated heterocycles. The first-order chi connectivity index (χ1) is 16.5. The van der Waals surface area contributed by atoms with E-state index in [0.717, 1.165) is 22.5 Å². The molecular weight excluding hydrogens is 450 g/mol. The first kappa shape index (κ1) is 21.8. The number of hydrogen-bond acceptors (Lipinski definition) is 6. The van der Waals surface area contributed by atoms with Crippen molar-refractivity contribution in [2.24, 2.45) is 5.73 Å². The Morgan fingerprint density at radius 3 is 2.71 bits per heavy atom. The summed E-state index contributed by atoms with van der Waals surface area (Å²) in [5.74, 6) is 0.819. The number of allylic oxidation sites excluding steroid dienone is 3. The summed E-state index contributed by atoms with van der Waals surface area (Å²) >= 11 is 6.02. The minimum absolute atomic E-state index is 0.0101. The average molecular weight is 472 g/mol. The highest BCUT2D eigenvalue weighted by atomic mass is 35.5. The van der Waals surface area contributed by atoms with Crippen molar-refractivity contribution in [3.05, 3.63) is 87.8 Å². The summed E-state index contributed by atoms with van der Waals surface area (Å²) in [6.45, 7) is 0. The molecule has 2 aliphatic rings. The lowest BCUT2D eigenvalue weighted by Gasteiger charge is -2.38. The predicted molar refractivity (Wildman–Crippen MR) is 130 cm³/mol. The van der Waals surface area contributed by atoms with E-state index in [4.69, 9.17) is 22.1 Å². The highest BCUT2D eigenvalue weighted by Crippen LogP contribution is 2.48. The van der Waals surface area contributed by atoms with Crippen LogP contribution in [0.2, 0.25) is 5.02 Å². The first-order valence-corrected chi connectivity index (χ1v) is 11.3. The zero-order valence-corrected chi connectivity index (χ0v) is 19.3. The molecule has 0 bridgehead atoms.